The highest BCUT2D eigenvalue weighted by molar-refractivity contribution is 7.79. The lowest BCUT2D eigenvalue weighted by molar-refractivity contribution is -0.121. The summed E-state index contributed by atoms with van der Waals surface area (Å²) in [5, 5.41) is 8.38. The molecule has 5 heterocycles. The lowest BCUT2D eigenvalue weighted by Crippen LogP contribution is -2.43. The summed E-state index contributed by atoms with van der Waals surface area (Å²) < 4.78 is 8.65. The van der Waals surface area contributed by atoms with E-state index in [1.807, 2.05) is 12.1 Å². The van der Waals surface area contributed by atoms with Crippen molar-refractivity contribution in [3.63, 3.8) is 0 Å². The number of fused-ring (bicyclic) bond motifs is 2. The van der Waals surface area contributed by atoms with Gasteiger partial charge in [0.2, 0.25) is 5.95 Å². The second kappa shape index (κ2) is 10.9. The summed E-state index contributed by atoms with van der Waals surface area (Å²) in [6.07, 6.45) is 3.12. The third-order valence-electron chi connectivity index (χ3n) is 6.79. The fourth-order valence-electron chi connectivity index (χ4n) is 4.86. The van der Waals surface area contributed by atoms with Crippen LogP contribution in [0.25, 0.3) is 16.9 Å². The van der Waals surface area contributed by atoms with E-state index in [1.54, 1.807) is 22.9 Å². The Morgan fingerprint density at radius 1 is 1.07 bits per heavy atom. The van der Waals surface area contributed by atoms with E-state index in [-0.39, 0.29) is 31.2 Å². The molecule has 3 aromatic heterocycles. The molecule has 2 aliphatic heterocycles. The fourth-order valence-corrected chi connectivity index (χ4v) is 5.01. The molecular formula is C27H27N9O3S. The monoisotopic (exact) mass is 557 g/mol. The number of anilines is 4. The Kier molecular flexibility index (Phi) is 6.97. The predicted molar refractivity (Wildman–Crippen MR) is 157 cm³/mol. The molecule has 0 unspecified atom stereocenters. The highest BCUT2D eigenvalue weighted by Gasteiger charge is 2.28. The number of amides is 1. The van der Waals surface area contributed by atoms with E-state index in [0.29, 0.717) is 34.4 Å². The molecule has 1 aromatic carbocycles. The summed E-state index contributed by atoms with van der Waals surface area (Å²) >= 11 is 4.99. The summed E-state index contributed by atoms with van der Waals surface area (Å²) in [7, 11) is 0. The molecule has 0 aliphatic carbocycles. The lowest BCUT2D eigenvalue weighted by atomic mass is 10.2. The minimum Gasteiger partial charge on any atom is -0.480 e. The molecule has 1 saturated heterocycles. The van der Waals surface area contributed by atoms with Gasteiger partial charge in [0.25, 0.3) is 11.5 Å². The molecule has 4 aromatic rings. The van der Waals surface area contributed by atoms with Crippen LogP contribution in [0, 0.1) is 0 Å². The molecule has 1 fully saturated rings. The van der Waals surface area contributed by atoms with Crippen LogP contribution in [0.2, 0.25) is 0 Å². The molecule has 6 rings (SSSR count). The second-order valence-corrected chi connectivity index (χ2v) is 9.61. The van der Waals surface area contributed by atoms with Crippen molar-refractivity contribution in [2.75, 3.05) is 54.4 Å². The van der Waals surface area contributed by atoms with Crippen molar-refractivity contribution < 1.29 is 9.53 Å². The van der Waals surface area contributed by atoms with Gasteiger partial charge in [-0.05, 0) is 41.8 Å². The van der Waals surface area contributed by atoms with Crippen molar-refractivity contribution in [3.05, 3.63) is 65.6 Å². The van der Waals surface area contributed by atoms with Crippen LogP contribution in [0.15, 0.2) is 60.0 Å². The molecule has 13 heteroatoms. The maximum absolute atomic E-state index is 13.3. The first kappa shape index (κ1) is 25.6. The SMILES string of the molecule is C=CCn1c(=O)c2cnc(Nc3ccc(N4CCNCC4)cc3)nc2n1-c1ccc2c(n1)N(CC=S)C(=O)CO2. The summed E-state index contributed by atoms with van der Waals surface area (Å²) in [6.45, 7) is 7.98. The number of allylic oxidation sites excluding steroid dienone is 1. The smallest absolute Gasteiger partial charge is 0.278 e. The van der Waals surface area contributed by atoms with E-state index in [2.05, 4.69) is 39.2 Å². The number of carbonyl (C=O) groups excluding carboxylic acids is 1. The van der Waals surface area contributed by atoms with Crippen molar-refractivity contribution in [1.82, 2.24) is 29.6 Å². The minimum absolute atomic E-state index is 0.0940. The van der Waals surface area contributed by atoms with Gasteiger partial charge in [0.15, 0.2) is 29.6 Å². The van der Waals surface area contributed by atoms with Crippen LogP contribution in [-0.4, -0.2) is 74.9 Å². The van der Waals surface area contributed by atoms with Crippen LogP contribution in [0.4, 0.5) is 23.1 Å². The Hall–Kier alpha value is -4.62. The topological polar surface area (TPSA) is 122 Å². The quantitative estimate of drug-likeness (QED) is 0.246. The number of thiocarbonyl (C=S) groups is 1. The molecule has 204 valence electrons. The Labute approximate surface area is 234 Å². The van der Waals surface area contributed by atoms with Gasteiger partial charge in [0, 0.05) is 43.8 Å². The van der Waals surface area contributed by atoms with Crippen LogP contribution in [-0.2, 0) is 11.3 Å². The normalized spacial score (nSPS) is 15.1. The first-order valence-corrected chi connectivity index (χ1v) is 13.3. The first-order valence-electron chi connectivity index (χ1n) is 12.9. The van der Waals surface area contributed by atoms with Crippen molar-refractivity contribution in [2.45, 2.75) is 6.54 Å². The largest absolute Gasteiger partial charge is 0.480 e. The fraction of sp³-hybridized carbons (Fsp3) is 0.259. The predicted octanol–water partition coefficient (Wildman–Crippen LogP) is 2.04. The van der Waals surface area contributed by atoms with Crippen LogP contribution >= 0.6 is 12.2 Å². The molecule has 1 amide bonds. The molecule has 40 heavy (non-hydrogen) atoms. The number of rotatable bonds is 8. The number of carbonyl (C=O) groups is 1. The molecule has 0 saturated carbocycles. The molecule has 0 spiro atoms. The number of hydrogen-bond acceptors (Lipinski definition) is 10. The second-order valence-electron chi connectivity index (χ2n) is 9.28. The summed E-state index contributed by atoms with van der Waals surface area (Å²) in [5.41, 5.74) is 2.04. The van der Waals surface area contributed by atoms with Crippen LogP contribution in [0.5, 0.6) is 5.75 Å². The van der Waals surface area contributed by atoms with Crippen molar-refractivity contribution in [1.29, 1.82) is 0 Å². The third kappa shape index (κ3) is 4.69. The number of piperazine rings is 1. The van der Waals surface area contributed by atoms with Gasteiger partial charge in [0.05, 0.1) is 13.1 Å². The molecule has 0 bridgehead atoms. The number of hydrogen-bond donors (Lipinski definition) is 2. The van der Waals surface area contributed by atoms with Crippen molar-refractivity contribution in [2.24, 2.45) is 0 Å². The van der Waals surface area contributed by atoms with Crippen LogP contribution in [0.1, 0.15) is 0 Å². The van der Waals surface area contributed by atoms with Gasteiger partial charge < -0.3 is 20.3 Å². The Morgan fingerprint density at radius 3 is 2.62 bits per heavy atom. The van der Waals surface area contributed by atoms with Gasteiger partial charge in [-0.1, -0.05) is 18.3 Å². The average Bonchev–Trinajstić information content (AvgIpc) is 3.26. The van der Waals surface area contributed by atoms with Crippen LogP contribution in [0.3, 0.4) is 0 Å². The van der Waals surface area contributed by atoms with E-state index in [0.717, 1.165) is 37.6 Å². The standard InChI is InChI=1S/C27H27N9O3S/c1-2-11-35-26(38)20-16-29-27(30-18-3-5-19(6-4-18)33-12-9-28-10-13-33)32-24(20)36(35)22-8-7-21-25(31-22)34(14-15-40)23(37)17-39-21/h2-8,15-16,28H,1,9-14,17H2,(H,29,30,32). The minimum atomic E-state index is -0.288. The Morgan fingerprint density at radius 2 is 1.88 bits per heavy atom. The van der Waals surface area contributed by atoms with E-state index >= 15 is 0 Å². The Balaban J connectivity index is 1.39. The number of aromatic nitrogens is 5. The molecular weight excluding hydrogens is 530 g/mol. The number of ether oxygens (including phenoxy) is 1. The lowest BCUT2D eigenvalue weighted by Gasteiger charge is -2.29. The zero-order chi connectivity index (χ0) is 27.6. The van der Waals surface area contributed by atoms with Crippen molar-refractivity contribution in [3.8, 4) is 11.6 Å². The van der Waals surface area contributed by atoms with E-state index in [1.165, 1.54) is 21.1 Å². The van der Waals surface area contributed by atoms with Crippen molar-refractivity contribution >= 4 is 57.7 Å². The third-order valence-corrected chi connectivity index (χ3v) is 6.94. The number of pyridine rings is 1. The molecule has 0 atom stereocenters. The zero-order valence-electron chi connectivity index (χ0n) is 21.6. The highest BCUT2D eigenvalue weighted by atomic mass is 32.1. The molecule has 2 aliphatic rings. The molecule has 0 radical (unpaired) electrons. The molecule has 2 N–H and O–H groups in total. The first-order chi connectivity index (χ1) is 19.6. The van der Waals surface area contributed by atoms with Gasteiger partial charge in [-0.15, -0.1) is 6.58 Å². The number of benzene rings is 1. The maximum atomic E-state index is 13.3. The van der Waals surface area contributed by atoms with E-state index in [9.17, 15) is 9.59 Å². The summed E-state index contributed by atoms with van der Waals surface area (Å²) in [6, 6.07) is 11.5. The Bertz CT molecular complexity index is 1660. The number of nitrogens with one attached hydrogen (secondary N) is 2. The van der Waals surface area contributed by atoms with E-state index < -0.39 is 0 Å². The number of nitrogens with zero attached hydrogens (tertiary/aromatic N) is 7. The van der Waals surface area contributed by atoms with Gasteiger partial charge in [0.1, 0.15) is 5.39 Å². The summed E-state index contributed by atoms with van der Waals surface area (Å²) in [5.74, 6) is 1.23. The van der Waals surface area contributed by atoms with E-state index in [4.69, 9.17) is 26.9 Å². The highest BCUT2D eigenvalue weighted by Crippen LogP contribution is 2.31. The molecule has 12 nitrogen and oxygen atoms in total. The summed E-state index contributed by atoms with van der Waals surface area (Å²) in [4.78, 5) is 43.4. The van der Waals surface area contributed by atoms with Gasteiger partial charge >= 0.3 is 0 Å². The maximum Gasteiger partial charge on any atom is 0.278 e. The van der Waals surface area contributed by atoms with Crippen LogP contribution < -0.4 is 30.7 Å². The van der Waals surface area contributed by atoms with Gasteiger partial charge in [-0.2, -0.15) is 4.98 Å². The van der Waals surface area contributed by atoms with Gasteiger partial charge in [-0.25, -0.2) is 19.3 Å². The zero-order valence-corrected chi connectivity index (χ0v) is 22.4. The van der Waals surface area contributed by atoms with Gasteiger partial charge in [-0.3, -0.25) is 14.5 Å². The average molecular weight is 558 g/mol.